The number of nitrogens with zero attached hydrogens (tertiary/aromatic N) is 1. The van der Waals surface area contributed by atoms with E-state index in [1.165, 1.54) is 30.3 Å². The Kier molecular flexibility index (Phi) is 6.92. The molecule has 0 unspecified atom stereocenters. The molecule has 0 spiro atoms. The molecule has 0 aliphatic rings. The van der Waals surface area contributed by atoms with Gasteiger partial charge in [-0.15, -0.1) is 0 Å². The third-order valence-electron chi connectivity index (χ3n) is 4.65. The van der Waals surface area contributed by atoms with Crippen molar-refractivity contribution in [2.75, 3.05) is 11.9 Å². The van der Waals surface area contributed by atoms with Gasteiger partial charge < -0.3 is 19.2 Å². The van der Waals surface area contributed by atoms with Crippen LogP contribution in [-0.2, 0) is 9.53 Å². The van der Waals surface area contributed by atoms with Gasteiger partial charge >= 0.3 is 12.6 Å². The summed E-state index contributed by atoms with van der Waals surface area (Å²) >= 11 is 0. The molecule has 1 heterocycles. The van der Waals surface area contributed by atoms with E-state index in [9.17, 15) is 18.4 Å². The molecule has 4 aromatic rings. The Balaban J connectivity index is 1.44. The summed E-state index contributed by atoms with van der Waals surface area (Å²) < 4.78 is 40.4. The van der Waals surface area contributed by atoms with Crippen molar-refractivity contribution in [3.63, 3.8) is 0 Å². The molecule has 1 aromatic heterocycles. The third kappa shape index (κ3) is 5.44. The van der Waals surface area contributed by atoms with Gasteiger partial charge in [-0.3, -0.25) is 4.79 Å². The van der Waals surface area contributed by atoms with E-state index in [1.807, 2.05) is 30.3 Å². The van der Waals surface area contributed by atoms with Crippen LogP contribution < -0.4 is 10.1 Å². The first-order chi connectivity index (χ1) is 16.5. The van der Waals surface area contributed by atoms with Gasteiger partial charge in [-0.1, -0.05) is 54.6 Å². The summed E-state index contributed by atoms with van der Waals surface area (Å²) in [5.41, 5.74) is 1.40. The van der Waals surface area contributed by atoms with Crippen molar-refractivity contribution in [3.8, 4) is 28.5 Å². The number of benzene rings is 3. The van der Waals surface area contributed by atoms with Crippen LogP contribution in [0, 0.1) is 0 Å². The van der Waals surface area contributed by atoms with Gasteiger partial charge in [0.1, 0.15) is 5.75 Å². The summed E-state index contributed by atoms with van der Waals surface area (Å²) in [5, 5.41) is 2.39. The van der Waals surface area contributed by atoms with E-state index in [0.717, 1.165) is 5.56 Å². The van der Waals surface area contributed by atoms with Crippen LogP contribution in [0.15, 0.2) is 89.5 Å². The summed E-state index contributed by atoms with van der Waals surface area (Å²) in [6.07, 6.45) is 1.55. The van der Waals surface area contributed by atoms with Crippen molar-refractivity contribution in [3.05, 3.63) is 90.6 Å². The topological polar surface area (TPSA) is 90.7 Å². The van der Waals surface area contributed by atoms with Gasteiger partial charge in [0.2, 0.25) is 5.89 Å². The van der Waals surface area contributed by atoms with Gasteiger partial charge in [0.05, 0.1) is 23.0 Å². The molecule has 0 aliphatic heterocycles. The second kappa shape index (κ2) is 10.4. The van der Waals surface area contributed by atoms with E-state index >= 15 is 0 Å². The standard InChI is InChI=1S/C25H18F2N2O5/c26-25(27)34-20-13-7-6-12-19(20)29-22(30)15-32-24(31)18-11-5-4-10-17(18)23-28-14-21(33-23)16-8-2-1-3-9-16/h1-14,25H,15H2,(H,29,30). The maximum Gasteiger partial charge on any atom is 0.387 e. The zero-order valence-corrected chi connectivity index (χ0v) is 17.6. The minimum absolute atomic E-state index is 0.0254. The number of ether oxygens (including phenoxy) is 2. The first kappa shape index (κ1) is 22.7. The number of rotatable bonds is 8. The molecule has 172 valence electrons. The number of hydrogen-bond acceptors (Lipinski definition) is 6. The quantitative estimate of drug-likeness (QED) is 0.351. The van der Waals surface area contributed by atoms with Crippen LogP contribution in [0.25, 0.3) is 22.8 Å². The second-order valence-electron chi connectivity index (χ2n) is 6.94. The molecule has 0 radical (unpaired) electrons. The van der Waals surface area contributed by atoms with E-state index in [-0.39, 0.29) is 22.9 Å². The highest BCUT2D eigenvalue weighted by molar-refractivity contribution is 5.99. The van der Waals surface area contributed by atoms with Crippen LogP contribution in [0.5, 0.6) is 5.75 Å². The highest BCUT2D eigenvalue weighted by atomic mass is 19.3. The first-order valence-corrected chi connectivity index (χ1v) is 10.1. The van der Waals surface area contributed by atoms with Gasteiger partial charge in [0.15, 0.2) is 12.4 Å². The summed E-state index contributed by atoms with van der Waals surface area (Å²) in [4.78, 5) is 29.2. The first-order valence-electron chi connectivity index (χ1n) is 10.1. The number of esters is 1. The van der Waals surface area contributed by atoms with Crippen molar-refractivity contribution in [2.45, 2.75) is 6.61 Å². The van der Waals surface area contributed by atoms with E-state index in [4.69, 9.17) is 9.15 Å². The average molecular weight is 464 g/mol. The predicted octanol–water partition coefficient (Wildman–Crippen LogP) is 5.41. The van der Waals surface area contributed by atoms with Crippen molar-refractivity contribution < 1.29 is 32.3 Å². The number of halogens is 2. The van der Waals surface area contributed by atoms with Crippen molar-refractivity contribution >= 4 is 17.6 Å². The number of anilines is 1. The lowest BCUT2D eigenvalue weighted by Gasteiger charge is -2.12. The average Bonchev–Trinajstić information content (AvgIpc) is 3.34. The molecule has 34 heavy (non-hydrogen) atoms. The van der Waals surface area contributed by atoms with Gasteiger partial charge in [0, 0.05) is 5.56 Å². The van der Waals surface area contributed by atoms with Gasteiger partial charge in [-0.2, -0.15) is 8.78 Å². The number of para-hydroxylation sites is 2. The zero-order chi connectivity index (χ0) is 23.9. The Labute approximate surface area is 193 Å². The lowest BCUT2D eigenvalue weighted by molar-refractivity contribution is -0.119. The molecule has 0 saturated carbocycles. The number of amides is 1. The molecule has 3 aromatic carbocycles. The van der Waals surface area contributed by atoms with Crippen LogP contribution >= 0.6 is 0 Å². The Morgan fingerprint density at radius 3 is 2.44 bits per heavy atom. The largest absolute Gasteiger partial charge is 0.452 e. The smallest absolute Gasteiger partial charge is 0.387 e. The van der Waals surface area contributed by atoms with Gasteiger partial charge in [-0.25, -0.2) is 9.78 Å². The summed E-state index contributed by atoms with van der Waals surface area (Å²) in [6, 6.07) is 21.6. The maximum atomic E-state index is 12.7. The molecule has 7 nitrogen and oxygen atoms in total. The fourth-order valence-electron chi connectivity index (χ4n) is 3.15. The number of carbonyl (C=O) groups is 2. The van der Waals surface area contributed by atoms with E-state index in [2.05, 4.69) is 15.0 Å². The van der Waals surface area contributed by atoms with Crippen molar-refractivity contribution in [2.24, 2.45) is 0 Å². The normalized spacial score (nSPS) is 10.7. The van der Waals surface area contributed by atoms with Crippen LogP contribution in [-0.4, -0.2) is 30.1 Å². The summed E-state index contributed by atoms with van der Waals surface area (Å²) in [6.45, 7) is -3.69. The van der Waals surface area contributed by atoms with Crippen molar-refractivity contribution in [1.29, 1.82) is 0 Å². The molecule has 1 N–H and O–H groups in total. The Morgan fingerprint density at radius 2 is 1.65 bits per heavy atom. The molecule has 0 aliphatic carbocycles. The fourth-order valence-corrected chi connectivity index (χ4v) is 3.15. The SMILES string of the molecule is O=C(COC(=O)c1ccccc1-c1ncc(-c2ccccc2)o1)Nc1ccccc1OC(F)F. The zero-order valence-electron chi connectivity index (χ0n) is 17.6. The summed E-state index contributed by atoms with van der Waals surface area (Å²) in [7, 11) is 0. The third-order valence-corrected chi connectivity index (χ3v) is 4.65. The Morgan fingerprint density at radius 1 is 0.941 bits per heavy atom. The number of aromatic nitrogens is 1. The van der Waals surface area contributed by atoms with E-state index in [1.54, 1.807) is 24.4 Å². The second-order valence-corrected chi connectivity index (χ2v) is 6.94. The molecule has 0 fully saturated rings. The molecule has 0 atom stereocenters. The van der Waals surface area contributed by atoms with Gasteiger partial charge in [0.25, 0.3) is 5.91 Å². The number of nitrogens with one attached hydrogen (secondary N) is 1. The molecular weight excluding hydrogens is 446 g/mol. The molecule has 9 heteroatoms. The lowest BCUT2D eigenvalue weighted by atomic mass is 10.1. The Bertz CT molecular complexity index is 1290. The fraction of sp³-hybridized carbons (Fsp3) is 0.0800. The van der Waals surface area contributed by atoms with Crippen LogP contribution in [0.4, 0.5) is 14.5 Å². The minimum Gasteiger partial charge on any atom is -0.452 e. The summed E-state index contributed by atoms with van der Waals surface area (Å²) in [5.74, 6) is -0.960. The molecule has 4 rings (SSSR count). The lowest BCUT2D eigenvalue weighted by Crippen LogP contribution is -2.21. The minimum atomic E-state index is -3.05. The number of oxazole rings is 1. The highest BCUT2D eigenvalue weighted by Crippen LogP contribution is 2.29. The monoisotopic (exact) mass is 464 g/mol. The highest BCUT2D eigenvalue weighted by Gasteiger charge is 2.19. The molecule has 0 saturated heterocycles. The predicted molar refractivity (Wildman–Crippen MR) is 119 cm³/mol. The van der Waals surface area contributed by atoms with E-state index in [0.29, 0.717) is 11.3 Å². The number of carbonyl (C=O) groups excluding carboxylic acids is 2. The van der Waals surface area contributed by atoms with Crippen LogP contribution in [0.3, 0.4) is 0 Å². The Hall–Kier alpha value is -4.53. The van der Waals surface area contributed by atoms with Crippen LogP contribution in [0.2, 0.25) is 0 Å². The van der Waals surface area contributed by atoms with Crippen molar-refractivity contribution in [1.82, 2.24) is 4.98 Å². The maximum absolute atomic E-state index is 12.7. The number of hydrogen-bond donors (Lipinski definition) is 1. The molecule has 0 bridgehead atoms. The van der Waals surface area contributed by atoms with Gasteiger partial charge in [-0.05, 0) is 24.3 Å². The molecular formula is C25H18F2N2O5. The van der Waals surface area contributed by atoms with Crippen LogP contribution in [0.1, 0.15) is 10.4 Å². The molecule has 1 amide bonds. The van der Waals surface area contributed by atoms with E-state index < -0.39 is 25.1 Å². The number of alkyl halides is 2.